The number of hydrogen-bond acceptors (Lipinski definition) is 3. The molecule has 1 N–H and O–H groups in total. The van der Waals surface area contributed by atoms with E-state index < -0.39 is 0 Å². The van der Waals surface area contributed by atoms with Gasteiger partial charge < -0.3 is 10.1 Å². The standard InChI is InChI=1S/C9H12ClNOS/c1-11-9(13)7-4-3-6(12-2)5-8(7)10/h3-5,9,11,13H,1-2H3. The van der Waals surface area contributed by atoms with Gasteiger partial charge in [0, 0.05) is 5.02 Å². The quantitative estimate of drug-likeness (QED) is 0.600. The summed E-state index contributed by atoms with van der Waals surface area (Å²) in [4.78, 5) is 0. The molecule has 1 aromatic carbocycles. The van der Waals surface area contributed by atoms with Gasteiger partial charge >= 0.3 is 0 Å². The third kappa shape index (κ3) is 2.53. The molecule has 0 aliphatic heterocycles. The van der Waals surface area contributed by atoms with Crippen LogP contribution in [-0.2, 0) is 0 Å². The van der Waals surface area contributed by atoms with Crippen molar-refractivity contribution in [2.24, 2.45) is 0 Å². The van der Waals surface area contributed by atoms with Crippen LogP contribution in [0.15, 0.2) is 18.2 Å². The molecule has 0 aliphatic carbocycles. The Morgan fingerprint density at radius 1 is 1.54 bits per heavy atom. The van der Waals surface area contributed by atoms with Crippen molar-refractivity contribution in [2.45, 2.75) is 5.37 Å². The smallest absolute Gasteiger partial charge is 0.120 e. The maximum Gasteiger partial charge on any atom is 0.120 e. The Labute approximate surface area is 88.6 Å². The zero-order chi connectivity index (χ0) is 9.84. The molecule has 0 aliphatic rings. The Kier molecular flexibility index (Phi) is 3.90. The molecule has 0 bridgehead atoms. The fourth-order valence-electron chi connectivity index (χ4n) is 1.01. The number of methoxy groups -OCH3 is 1. The van der Waals surface area contributed by atoms with Crippen LogP contribution in [-0.4, -0.2) is 14.2 Å². The van der Waals surface area contributed by atoms with E-state index in [4.69, 9.17) is 16.3 Å². The van der Waals surface area contributed by atoms with Gasteiger partial charge in [0.25, 0.3) is 0 Å². The van der Waals surface area contributed by atoms with Gasteiger partial charge in [-0.25, -0.2) is 0 Å². The second kappa shape index (κ2) is 4.74. The summed E-state index contributed by atoms with van der Waals surface area (Å²) < 4.78 is 5.03. The van der Waals surface area contributed by atoms with Crippen molar-refractivity contribution in [3.8, 4) is 5.75 Å². The molecule has 1 unspecified atom stereocenters. The van der Waals surface area contributed by atoms with Crippen LogP contribution < -0.4 is 10.1 Å². The predicted molar refractivity (Wildman–Crippen MR) is 58.8 cm³/mol. The first-order valence-electron chi connectivity index (χ1n) is 3.87. The van der Waals surface area contributed by atoms with Crippen LogP contribution in [0.4, 0.5) is 0 Å². The van der Waals surface area contributed by atoms with Crippen molar-refractivity contribution in [1.29, 1.82) is 0 Å². The molecule has 1 aromatic rings. The SMILES string of the molecule is CNC(S)c1ccc(OC)cc1Cl. The normalized spacial score (nSPS) is 12.6. The van der Waals surface area contributed by atoms with Crippen molar-refractivity contribution in [3.05, 3.63) is 28.8 Å². The maximum atomic E-state index is 6.01. The maximum absolute atomic E-state index is 6.01. The largest absolute Gasteiger partial charge is 0.497 e. The van der Waals surface area contributed by atoms with E-state index >= 15 is 0 Å². The summed E-state index contributed by atoms with van der Waals surface area (Å²) in [5.74, 6) is 0.755. The van der Waals surface area contributed by atoms with E-state index in [-0.39, 0.29) is 5.37 Å². The second-order valence-corrected chi connectivity index (χ2v) is 3.50. The molecular formula is C9H12ClNOS. The Morgan fingerprint density at radius 3 is 2.69 bits per heavy atom. The Hall–Kier alpha value is -0.380. The molecule has 2 nitrogen and oxygen atoms in total. The molecule has 1 rings (SSSR count). The van der Waals surface area contributed by atoms with Crippen LogP contribution in [0, 0.1) is 0 Å². The van der Waals surface area contributed by atoms with Gasteiger partial charge in [0.05, 0.1) is 12.5 Å². The lowest BCUT2D eigenvalue weighted by atomic mass is 10.2. The van der Waals surface area contributed by atoms with E-state index in [0.717, 1.165) is 11.3 Å². The average Bonchev–Trinajstić information content (AvgIpc) is 2.16. The highest BCUT2D eigenvalue weighted by Gasteiger charge is 2.08. The molecule has 0 saturated carbocycles. The first kappa shape index (κ1) is 10.7. The van der Waals surface area contributed by atoms with Crippen LogP contribution in [0.1, 0.15) is 10.9 Å². The second-order valence-electron chi connectivity index (χ2n) is 2.58. The minimum atomic E-state index is -0.0431. The molecule has 0 aromatic heterocycles. The summed E-state index contributed by atoms with van der Waals surface area (Å²) >= 11 is 10.3. The van der Waals surface area contributed by atoms with E-state index in [1.165, 1.54) is 0 Å². The lowest BCUT2D eigenvalue weighted by molar-refractivity contribution is 0.414. The summed E-state index contributed by atoms with van der Waals surface area (Å²) in [6, 6.07) is 5.54. The number of thiol groups is 1. The van der Waals surface area contributed by atoms with Gasteiger partial charge in [0.1, 0.15) is 5.75 Å². The van der Waals surface area contributed by atoms with Crippen molar-refractivity contribution in [1.82, 2.24) is 5.32 Å². The van der Waals surface area contributed by atoms with Gasteiger partial charge in [-0.1, -0.05) is 17.7 Å². The van der Waals surface area contributed by atoms with Crippen molar-refractivity contribution >= 4 is 24.2 Å². The van der Waals surface area contributed by atoms with Gasteiger partial charge in [-0.15, -0.1) is 0 Å². The number of nitrogens with one attached hydrogen (secondary N) is 1. The molecule has 0 radical (unpaired) electrons. The topological polar surface area (TPSA) is 21.3 Å². The summed E-state index contributed by atoms with van der Waals surface area (Å²) in [5.41, 5.74) is 0.952. The highest BCUT2D eigenvalue weighted by Crippen LogP contribution is 2.28. The Balaban J connectivity index is 2.98. The first-order valence-corrected chi connectivity index (χ1v) is 4.77. The number of rotatable bonds is 3. The van der Waals surface area contributed by atoms with Gasteiger partial charge in [0.15, 0.2) is 0 Å². The van der Waals surface area contributed by atoms with Crippen LogP contribution in [0.2, 0.25) is 5.02 Å². The van der Waals surface area contributed by atoms with Crippen molar-refractivity contribution in [3.63, 3.8) is 0 Å². The third-order valence-electron chi connectivity index (χ3n) is 1.78. The lowest BCUT2D eigenvalue weighted by Crippen LogP contribution is -2.10. The monoisotopic (exact) mass is 217 g/mol. The van der Waals surface area contributed by atoms with Gasteiger partial charge in [0.2, 0.25) is 0 Å². The molecule has 13 heavy (non-hydrogen) atoms. The molecule has 0 spiro atoms. The highest BCUT2D eigenvalue weighted by molar-refractivity contribution is 7.80. The first-order chi connectivity index (χ1) is 6.19. The van der Waals surface area contributed by atoms with E-state index in [0.29, 0.717) is 5.02 Å². The molecule has 0 fully saturated rings. The number of halogens is 1. The summed E-state index contributed by atoms with van der Waals surface area (Å²) in [5, 5.41) is 3.62. The van der Waals surface area contributed by atoms with Gasteiger partial charge in [-0.2, -0.15) is 12.6 Å². The summed E-state index contributed by atoms with van der Waals surface area (Å²) in [6.45, 7) is 0. The number of ether oxygens (including phenoxy) is 1. The molecule has 0 saturated heterocycles. The average molecular weight is 218 g/mol. The zero-order valence-electron chi connectivity index (χ0n) is 7.54. The minimum Gasteiger partial charge on any atom is -0.497 e. The van der Waals surface area contributed by atoms with Gasteiger partial charge in [-0.05, 0) is 24.7 Å². The van der Waals surface area contributed by atoms with E-state index in [1.807, 2.05) is 19.2 Å². The molecule has 0 heterocycles. The van der Waals surface area contributed by atoms with Crippen LogP contribution in [0.3, 0.4) is 0 Å². The molecular weight excluding hydrogens is 206 g/mol. The molecule has 4 heteroatoms. The Bertz CT molecular complexity index is 293. The number of benzene rings is 1. The molecule has 1 atom stereocenters. The fourth-order valence-corrected chi connectivity index (χ4v) is 1.59. The van der Waals surface area contributed by atoms with Crippen molar-refractivity contribution in [2.75, 3.05) is 14.2 Å². The van der Waals surface area contributed by atoms with E-state index in [1.54, 1.807) is 13.2 Å². The van der Waals surface area contributed by atoms with Crippen LogP contribution >= 0.6 is 24.2 Å². The van der Waals surface area contributed by atoms with E-state index in [2.05, 4.69) is 17.9 Å². The predicted octanol–water partition coefficient (Wildman–Crippen LogP) is 2.50. The van der Waals surface area contributed by atoms with Crippen molar-refractivity contribution < 1.29 is 4.74 Å². The molecule has 72 valence electrons. The summed E-state index contributed by atoms with van der Waals surface area (Å²) in [7, 11) is 3.44. The number of hydrogen-bond donors (Lipinski definition) is 2. The highest BCUT2D eigenvalue weighted by atomic mass is 35.5. The third-order valence-corrected chi connectivity index (χ3v) is 2.64. The zero-order valence-corrected chi connectivity index (χ0v) is 9.19. The minimum absolute atomic E-state index is 0.0431. The van der Waals surface area contributed by atoms with E-state index in [9.17, 15) is 0 Å². The lowest BCUT2D eigenvalue weighted by Gasteiger charge is -2.12. The fraction of sp³-hybridized carbons (Fsp3) is 0.333. The Morgan fingerprint density at radius 2 is 2.23 bits per heavy atom. The van der Waals surface area contributed by atoms with Crippen LogP contribution in [0.5, 0.6) is 5.75 Å². The molecule has 0 amide bonds. The van der Waals surface area contributed by atoms with Gasteiger partial charge in [-0.3, -0.25) is 0 Å². The summed E-state index contributed by atoms with van der Waals surface area (Å²) in [6.07, 6.45) is 0. The van der Waals surface area contributed by atoms with Crippen LogP contribution in [0.25, 0.3) is 0 Å².